The largest absolute Gasteiger partial charge is 0.478 e. The smallest absolute Gasteiger partial charge is 0.338 e. The second kappa shape index (κ2) is 4.44. The number of para-hydroxylation sites is 1. The second-order valence-corrected chi connectivity index (χ2v) is 4.53. The van der Waals surface area contributed by atoms with Crippen LogP contribution in [0.15, 0.2) is 54.6 Å². The summed E-state index contributed by atoms with van der Waals surface area (Å²) in [6.45, 7) is 0. The number of carboxylic acid groups (broad SMARTS) is 1. The van der Waals surface area contributed by atoms with Gasteiger partial charge in [-0.2, -0.15) is 0 Å². The number of nitrogens with zero attached hydrogens (tertiary/aromatic N) is 1. The monoisotopic (exact) mass is 271 g/mol. The fourth-order valence-corrected chi connectivity index (χ4v) is 2.60. The van der Waals surface area contributed by atoms with Crippen LogP contribution >= 0.6 is 11.8 Å². The van der Waals surface area contributed by atoms with E-state index in [4.69, 9.17) is 11.8 Å². The molecule has 1 aromatic heterocycles. The fourth-order valence-electron chi connectivity index (χ4n) is 2.27. The van der Waals surface area contributed by atoms with Gasteiger partial charge in [0.2, 0.25) is 0 Å². The van der Waals surface area contributed by atoms with Crippen molar-refractivity contribution in [2.45, 2.75) is 0 Å². The Kier molecular flexibility index (Phi) is 2.76. The van der Waals surface area contributed by atoms with E-state index < -0.39 is 5.97 Å². The van der Waals surface area contributed by atoms with E-state index in [1.807, 2.05) is 36.4 Å². The summed E-state index contributed by atoms with van der Waals surface area (Å²) in [5.41, 5.74) is 2.22. The van der Waals surface area contributed by atoms with Gasteiger partial charge in [-0.05, 0) is 6.07 Å². The molecule has 0 spiro atoms. The molecule has 0 aliphatic rings. The molecule has 3 aromatic rings. The number of rotatable bonds is 2. The fraction of sp³-hybridized carbons (Fsp3) is 0. The van der Waals surface area contributed by atoms with Crippen LogP contribution in [0.1, 0.15) is 10.4 Å². The highest BCUT2D eigenvalue weighted by Crippen LogP contribution is 2.34. The van der Waals surface area contributed by atoms with Gasteiger partial charge in [-0.25, -0.2) is 4.79 Å². The van der Waals surface area contributed by atoms with Crippen molar-refractivity contribution >= 4 is 28.6 Å². The van der Waals surface area contributed by atoms with E-state index >= 15 is 0 Å². The summed E-state index contributed by atoms with van der Waals surface area (Å²) in [5.74, 6) is -0.977. The Morgan fingerprint density at radius 1 is 1.00 bits per heavy atom. The lowest BCUT2D eigenvalue weighted by molar-refractivity contribution is 0.0700. The van der Waals surface area contributed by atoms with Crippen LogP contribution in [0.4, 0.5) is 0 Å². The maximum atomic E-state index is 11.6. The Morgan fingerprint density at radius 3 is 2.32 bits per heavy atom. The normalized spacial score (nSPS) is 10.8. The van der Waals surface area contributed by atoms with Crippen molar-refractivity contribution in [2.75, 3.05) is 0 Å². The zero-order valence-corrected chi connectivity index (χ0v) is 10.6. The summed E-state index contributed by atoms with van der Waals surface area (Å²) < 4.78 is 1.41. The summed E-state index contributed by atoms with van der Waals surface area (Å²) in [6, 6.07) is 16.5. The van der Waals surface area contributed by atoms with Gasteiger partial charge in [0.25, 0.3) is 0 Å². The van der Waals surface area contributed by atoms with Crippen molar-refractivity contribution in [1.82, 2.24) is 4.09 Å². The molecule has 0 bridgehead atoms. The first-order valence-electron chi connectivity index (χ1n) is 5.78. The Hall–Kier alpha value is -2.26. The number of benzene rings is 2. The van der Waals surface area contributed by atoms with Crippen LogP contribution in [0.3, 0.4) is 0 Å². The third-order valence-electron chi connectivity index (χ3n) is 3.08. The lowest BCUT2D eigenvalue weighted by atomic mass is 10.1. The number of fused-ring (bicyclic) bond motifs is 1. The zero-order valence-electron chi connectivity index (χ0n) is 9.88. The highest BCUT2D eigenvalue weighted by Gasteiger charge is 2.22. The Morgan fingerprint density at radius 2 is 1.63 bits per heavy atom. The van der Waals surface area contributed by atoms with Crippen LogP contribution in [-0.2, 0) is 0 Å². The summed E-state index contributed by atoms with van der Waals surface area (Å²) in [6.07, 6.45) is 0. The SMILES string of the molecule is O=C(O)c1c(-c2ccccc2)n(Cl)c2ccccc12. The van der Waals surface area contributed by atoms with Gasteiger partial charge in [-0.15, -0.1) is 0 Å². The molecule has 0 amide bonds. The van der Waals surface area contributed by atoms with Crippen molar-refractivity contribution in [3.05, 3.63) is 60.2 Å². The number of hydrogen-bond acceptors (Lipinski definition) is 1. The number of carbonyl (C=O) groups is 1. The minimum absolute atomic E-state index is 0.233. The Labute approximate surface area is 114 Å². The van der Waals surface area contributed by atoms with Crippen LogP contribution in [0.25, 0.3) is 22.2 Å². The lowest BCUT2D eigenvalue weighted by Crippen LogP contribution is -1.98. The molecule has 1 N–H and O–H groups in total. The van der Waals surface area contributed by atoms with E-state index in [1.54, 1.807) is 18.2 Å². The Bertz CT molecular complexity index is 762. The molecule has 0 saturated carbocycles. The molecule has 0 aliphatic heterocycles. The standard InChI is InChI=1S/C15H10ClNO2/c16-17-12-9-5-4-8-11(12)13(15(18)19)14(17)10-6-2-1-3-7-10/h1-9H,(H,18,19). The molecule has 0 saturated heterocycles. The second-order valence-electron chi connectivity index (χ2n) is 4.19. The number of aromatic nitrogens is 1. The highest BCUT2D eigenvalue weighted by atomic mass is 35.5. The van der Waals surface area contributed by atoms with E-state index in [0.717, 1.165) is 5.56 Å². The predicted octanol–water partition coefficient (Wildman–Crippen LogP) is 4.01. The maximum absolute atomic E-state index is 11.6. The highest BCUT2D eigenvalue weighted by molar-refractivity contribution is 6.25. The van der Waals surface area contributed by atoms with E-state index in [-0.39, 0.29) is 5.56 Å². The molecule has 2 aromatic carbocycles. The molecular weight excluding hydrogens is 262 g/mol. The lowest BCUT2D eigenvalue weighted by Gasteiger charge is -2.03. The number of carboxylic acids is 1. The first-order chi connectivity index (χ1) is 9.20. The molecule has 0 unspecified atom stereocenters. The third-order valence-corrected chi connectivity index (χ3v) is 3.43. The van der Waals surface area contributed by atoms with Gasteiger partial charge in [0.05, 0.1) is 16.8 Å². The molecule has 3 nitrogen and oxygen atoms in total. The predicted molar refractivity (Wildman–Crippen MR) is 75.6 cm³/mol. The average Bonchev–Trinajstić information content (AvgIpc) is 2.74. The molecule has 0 radical (unpaired) electrons. The van der Waals surface area contributed by atoms with Gasteiger partial charge in [0, 0.05) is 22.7 Å². The Balaban J connectivity index is 2.44. The number of halogens is 1. The summed E-state index contributed by atoms with van der Waals surface area (Å²) in [7, 11) is 0. The quantitative estimate of drug-likeness (QED) is 0.765. The average molecular weight is 272 g/mol. The van der Waals surface area contributed by atoms with Gasteiger partial charge >= 0.3 is 5.97 Å². The van der Waals surface area contributed by atoms with Crippen LogP contribution in [0.5, 0.6) is 0 Å². The van der Waals surface area contributed by atoms with Crippen LogP contribution in [0.2, 0.25) is 0 Å². The van der Waals surface area contributed by atoms with Crippen molar-refractivity contribution < 1.29 is 9.90 Å². The molecule has 0 atom stereocenters. The first-order valence-corrected chi connectivity index (χ1v) is 6.12. The van der Waals surface area contributed by atoms with Crippen molar-refractivity contribution in [2.24, 2.45) is 0 Å². The zero-order chi connectivity index (χ0) is 13.4. The molecule has 0 aliphatic carbocycles. The molecular formula is C15H10ClNO2. The van der Waals surface area contributed by atoms with Crippen LogP contribution in [-0.4, -0.2) is 15.2 Å². The first kappa shape index (κ1) is 11.8. The van der Waals surface area contributed by atoms with E-state index in [9.17, 15) is 9.90 Å². The number of hydrogen-bond donors (Lipinski definition) is 1. The summed E-state index contributed by atoms with van der Waals surface area (Å²) >= 11 is 6.29. The van der Waals surface area contributed by atoms with Crippen molar-refractivity contribution in [1.29, 1.82) is 0 Å². The van der Waals surface area contributed by atoms with Crippen molar-refractivity contribution in [3.8, 4) is 11.3 Å². The molecule has 4 heteroatoms. The summed E-state index contributed by atoms with van der Waals surface area (Å²) in [5, 5.41) is 10.1. The van der Waals surface area contributed by atoms with Gasteiger partial charge in [0.1, 0.15) is 0 Å². The van der Waals surface area contributed by atoms with Gasteiger partial charge in [0.15, 0.2) is 0 Å². The third kappa shape index (κ3) is 1.79. The molecule has 1 heterocycles. The van der Waals surface area contributed by atoms with Gasteiger partial charge < -0.3 is 5.11 Å². The van der Waals surface area contributed by atoms with E-state index in [1.165, 1.54) is 4.09 Å². The van der Waals surface area contributed by atoms with Crippen LogP contribution in [0, 0.1) is 0 Å². The summed E-state index contributed by atoms with van der Waals surface area (Å²) in [4.78, 5) is 11.6. The topological polar surface area (TPSA) is 42.2 Å². The van der Waals surface area contributed by atoms with Gasteiger partial charge in [-0.1, -0.05) is 48.5 Å². The van der Waals surface area contributed by atoms with Crippen LogP contribution < -0.4 is 0 Å². The molecule has 3 rings (SSSR count). The van der Waals surface area contributed by atoms with Gasteiger partial charge in [-0.3, -0.25) is 4.09 Å². The minimum Gasteiger partial charge on any atom is -0.478 e. The maximum Gasteiger partial charge on any atom is 0.338 e. The molecule has 0 fully saturated rings. The number of aromatic carboxylic acids is 1. The van der Waals surface area contributed by atoms with E-state index in [2.05, 4.69) is 0 Å². The molecule has 19 heavy (non-hydrogen) atoms. The van der Waals surface area contributed by atoms with Crippen molar-refractivity contribution in [3.63, 3.8) is 0 Å². The van der Waals surface area contributed by atoms with E-state index in [0.29, 0.717) is 16.6 Å². The molecule has 94 valence electrons. The minimum atomic E-state index is -0.977.